The molecule has 0 radical (unpaired) electrons. The molecule has 11 heavy (non-hydrogen) atoms. The van der Waals surface area contributed by atoms with Gasteiger partial charge in [0, 0.05) is 12.6 Å². The summed E-state index contributed by atoms with van der Waals surface area (Å²) in [5.41, 5.74) is 1.11. The van der Waals surface area contributed by atoms with Crippen LogP contribution in [0, 0.1) is 0 Å². The Bertz CT molecular complexity index is 312. The van der Waals surface area contributed by atoms with Gasteiger partial charge in [-0.1, -0.05) is 17.7 Å². The lowest BCUT2D eigenvalue weighted by Gasteiger charge is -1.99. The average Bonchev–Trinajstić information content (AvgIpc) is 2.29. The van der Waals surface area contributed by atoms with Crippen molar-refractivity contribution in [2.24, 2.45) is 7.05 Å². The molecule has 0 aromatic carbocycles. The van der Waals surface area contributed by atoms with Gasteiger partial charge in [-0.2, -0.15) is 4.98 Å². The molecule has 0 spiro atoms. The van der Waals surface area contributed by atoms with Gasteiger partial charge in [-0.3, -0.25) is 4.68 Å². The highest BCUT2D eigenvalue weighted by Crippen LogP contribution is 1.83. The summed E-state index contributed by atoms with van der Waals surface area (Å²) in [5.74, 6) is 0. The first-order valence-corrected chi connectivity index (χ1v) is 3.53. The molecule has 0 aliphatic carbocycles. The van der Waals surface area contributed by atoms with Crippen molar-refractivity contribution in [1.82, 2.24) is 14.3 Å². The van der Waals surface area contributed by atoms with Crippen LogP contribution in [-0.4, -0.2) is 14.3 Å². The number of allylic oxidation sites excluding steroid dienone is 1. The zero-order valence-corrected chi connectivity index (χ0v) is 6.82. The maximum atomic E-state index is 10.9. The Morgan fingerprint density at radius 3 is 3.00 bits per heavy atom. The molecule has 60 valence electrons. The maximum Gasteiger partial charge on any atom is 0.364 e. The minimum atomic E-state index is -0.262. The van der Waals surface area contributed by atoms with E-state index in [1.54, 1.807) is 17.8 Å². The van der Waals surface area contributed by atoms with Crippen molar-refractivity contribution in [2.75, 3.05) is 0 Å². The van der Waals surface area contributed by atoms with Crippen LogP contribution >= 0.6 is 11.6 Å². The van der Waals surface area contributed by atoms with Crippen LogP contribution in [0.5, 0.6) is 0 Å². The van der Waals surface area contributed by atoms with Crippen molar-refractivity contribution in [1.29, 1.82) is 0 Å². The minimum Gasteiger partial charge on any atom is -0.273 e. The van der Waals surface area contributed by atoms with Gasteiger partial charge in [-0.15, -0.1) is 0 Å². The maximum absolute atomic E-state index is 10.9. The smallest absolute Gasteiger partial charge is 0.273 e. The Balaban J connectivity index is 2.92. The highest BCUT2D eigenvalue weighted by atomic mass is 35.5. The SMILES string of the molecule is Cn1cnc(=O)n1C/C=C/Cl. The largest absolute Gasteiger partial charge is 0.364 e. The molecule has 0 aliphatic rings. The van der Waals surface area contributed by atoms with Crippen LogP contribution < -0.4 is 5.69 Å². The number of hydrogen-bond donors (Lipinski definition) is 0. The average molecular weight is 174 g/mol. The van der Waals surface area contributed by atoms with E-state index in [-0.39, 0.29) is 5.69 Å². The molecule has 0 fully saturated rings. The second-order valence-corrected chi connectivity index (χ2v) is 2.30. The lowest BCUT2D eigenvalue weighted by Crippen LogP contribution is -2.21. The number of aryl methyl sites for hydroxylation is 1. The number of aromatic nitrogens is 3. The quantitative estimate of drug-likeness (QED) is 0.647. The lowest BCUT2D eigenvalue weighted by atomic mass is 10.6. The predicted octanol–water partition coefficient (Wildman–Crippen LogP) is 0.334. The molecule has 0 unspecified atom stereocenters. The summed E-state index contributed by atoms with van der Waals surface area (Å²) in [6, 6.07) is 0. The van der Waals surface area contributed by atoms with Crippen molar-refractivity contribution < 1.29 is 0 Å². The third-order valence-electron chi connectivity index (χ3n) is 1.30. The van der Waals surface area contributed by atoms with E-state index in [4.69, 9.17) is 11.6 Å². The highest BCUT2D eigenvalue weighted by Gasteiger charge is 1.96. The number of hydrogen-bond acceptors (Lipinski definition) is 2. The van der Waals surface area contributed by atoms with E-state index >= 15 is 0 Å². The normalized spacial score (nSPS) is 11.1. The molecule has 1 aromatic rings. The fourth-order valence-electron chi connectivity index (χ4n) is 0.743. The molecule has 0 saturated heterocycles. The van der Waals surface area contributed by atoms with Crippen LogP contribution in [0.1, 0.15) is 0 Å². The molecular formula is C6H8ClN3O. The Morgan fingerprint density at radius 1 is 1.82 bits per heavy atom. The van der Waals surface area contributed by atoms with Crippen molar-refractivity contribution in [2.45, 2.75) is 6.54 Å². The zero-order chi connectivity index (χ0) is 8.27. The van der Waals surface area contributed by atoms with Gasteiger partial charge in [0.25, 0.3) is 0 Å². The molecule has 0 aliphatic heterocycles. The van der Waals surface area contributed by atoms with E-state index in [0.717, 1.165) is 0 Å². The van der Waals surface area contributed by atoms with E-state index in [1.165, 1.54) is 16.5 Å². The first kappa shape index (κ1) is 8.07. The molecule has 1 rings (SSSR count). The standard InChI is InChI=1S/C6H8ClN3O/c1-9-5-8-6(11)10(9)4-2-3-7/h2-3,5H,4H2,1H3/b3-2+. The van der Waals surface area contributed by atoms with Crippen molar-refractivity contribution in [3.05, 3.63) is 28.4 Å². The molecule has 1 aromatic heterocycles. The summed E-state index contributed by atoms with van der Waals surface area (Å²) in [6.07, 6.45) is 3.13. The summed E-state index contributed by atoms with van der Waals surface area (Å²) in [5, 5.41) is 0. The molecular weight excluding hydrogens is 166 g/mol. The van der Waals surface area contributed by atoms with Crippen LogP contribution in [-0.2, 0) is 13.6 Å². The first-order chi connectivity index (χ1) is 5.25. The first-order valence-electron chi connectivity index (χ1n) is 3.09. The van der Waals surface area contributed by atoms with Crippen molar-refractivity contribution in [3.8, 4) is 0 Å². The number of rotatable bonds is 2. The van der Waals surface area contributed by atoms with E-state index in [2.05, 4.69) is 4.98 Å². The third kappa shape index (κ3) is 1.71. The number of halogens is 1. The molecule has 0 bridgehead atoms. The summed E-state index contributed by atoms with van der Waals surface area (Å²) >= 11 is 5.30. The van der Waals surface area contributed by atoms with Gasteiger partial charge in [-0.25, -0.2) is 9.48 Å². The molecule has 0 amide bonds. The Morgan fingerprint density at radius 2 is 2.55 bits per heavy atom. The van der Waals surface area contributed by atoms with Gasteiger partial charge in [0.15, 0.2) is 0 Å². The van der Waals surface area contributed by atoms with Gasteiger partial charge in [-0.05, 0) is 0 Å². The highest BCUT2D eigenvalue weighted by molar-refractivity contribution is 6.25. The van der Waals surface area contributed by atoms with Gasteiger partial charge < -0.3 is 0 Å². The third-order valence-corrected chi connectivity index (χ3v) is 1.48. The molecule has 5 heteroatoms. The van der Waals surface area contributed by atoms with E-state index < -0.39 is 0 Å². The second kappa shape index (κ2) is 3.39. The fraction of sp³-hybridized carbons (Fsp3) is 0.333. The molecule has 0 atom stereocenters. The summed E-state index contributed by atoms with van der Waals surface area (Å²) in [4.78, 5) is 14.5. The van der Waals surface area contributed by atoms with Crippen LogP contribution in [0.2, 0.25) is 0 Å². The molecule has 0 N–H and O–H groups in total. The number of nitrogens with zero attached hydrogens (tertiary/aromatic N) is 3. The second-order valence-electron chi connectivity index (χ2n) is 2.04. The van der Waals surface area contributed by atoms with Crippen LogP contribution in [0.3, 0.4) is 0 Å². The Kier molecular flexibility index (Phi) is 2.48. The van der Waals surface area contributed by atoms with Gasteiger partial charge in [0.2, 0.25) is 0 Å². The predicted molar refractivity (Wildman–Crippen MR) is 42.5 cm³/mol. The van der Waals surface area contributed by atoms with Crippen molar-refractivity contribution in [3.63, 3.8) is 0 Å². The van der Waals surface area contributed by atoms with Crippen molar-refractivity contribution >= 4 is 11.6 Å². The Hall–Kier alpha value is -1.03. The van der Waals surface area contributed by atoms with Crippen LogP contribution in [0.15, 0.2) is 22.7 Å². The fourth-order valence-corrected chi connectivity index (χ4v) is 0.823. The monoisotopic (exact) mass is 173 g/mol. The summed E-state index contributed by atoms with van der Waals surface area (Å²) in [7, 11) is 1.75. The van der Waals surface area contributed by atoms with E-state index in [0.29, 0.717) is 6.54 Å². The van der Waals surface area contributed by atoms with Gasteiger partial charge in [0.05, 0.1) is 6.54 Å². The molecule has 1 heterocycles. The minimum absolute atomic E-state index is 0.262. The van der Waals surface area contributed by atoms with Gasteiger partial charge >= 0.3 is 5.69 Å². The van der Waals surface area contributed by atoms with E-state index in [1.807, 2.05) is 0 Å². The molecule has 4 nitrogen and oxygen atoms in total. The van der Waals surface area contributed by atoms with Gasteiger partial charge in [0.1, 0.15) is 6.33 Å². The van der Waals surface area contributed by atoms with Crippen LogP contribution in [0.25, 0.3) is 0 Å². The lowest BCUT2D eigenvalue weighted by molar-refractivity contribution is 0.542. The molecule has 0 saturated carbocycles. The topological polar surface area (TPSA) is 39.8 Å². The van der Waals surface area contributed by atoms with E-state index in [9.17, 15) is 4.79 Å². The summed E-state index contributed by atoms with van der Waals surface area (Å²) < 4.78 is 3.07. The summed E-state index contributed by atoms with van der Waals surface area (Å²) in [6.45, 7) is 0.457. The zero-order valence-electron chi connectivity index (χ0n) is 6.07. The van der Waals surface area contributed by atoms with Crippen LogP contribution in [0.4, 0.5) is 0 Å². The Labute approximate surface area is 68.7 Å².